The van der Waals surface area contributed by atoms with Gasteiger partial charge in [-0.2, -0.15) is 0 Å². The number of likely N-dealkylation sites (N-methyl/N-ethyl adjacent to an activating group) is 1. The fourth-order valence-corrected chi connectivity index (χ4v) is 3.28. The van der Waals surface area contributed by atoms with Crippen molar-refractivity contribution in [3.8, 4) is 0 Å². The molecule has 3 rings (SSSR count). The molecular weight excluding hydrogens is 354 g/mol. The summed E-state index contributed by atoms with van der Waals surface area (Å²) in [4.78, 5) is 28.0. The number of benzene rings is 2. The normalized spacial score (nSPS) is 15.3. The first-order valence-electron chi connectivity index (χ1n) is 9.61. The molecule has 1 saturated heterocycles. The fourth-order valence-electron chi connectivity index (χ4n) is 3.28. The maximum atomic E-state index is 12.5. The van der Waals surface area contributed by atoms with Crippen LogP contribution in [0.4, 0.5) is 5.69 Å². The Balaban J connectivity index is 1.56. The van der Waals surface area contributed by atoms with E-state index in [1.807, 2.05) is 48.5 Å². The third kappa shape index (κ3) is 5.90. The number of nitrogens with one attached hydrogen (secondary N) is 1. The van der Waals surface area contributed by atoms with Gasteiger partial charge in [0, 0.05) is 50.4 Å². The Hall–Kier alpha value is -2.70. The van der Waals surface area contributed by atoms with E-state index in [4.69, 9.17) is 5.11 Å². The second-order valence-corrected chi connectivity index (χ2v) is 7.32. The minimum atomic E-state index is -0.828. The number of aryl methyl sites for hydroxylation is 1. The van der Waals surface area contributed by atoms with Crippen LogP contribution in [0, 0.1) is 0 Å². The minimum Gasteiger partial charge on any atom is -0.481 e. The predicted molar refractivity (Wildman–Crippen MR) is 110 cm³/mol. The van der Waals surface area contributed by atoms with Gasteiger partial charge in [0.25, 0.3) is 5.91 Å². The number of rotatable bonds is 7. The summed E-state index contributed by atoms with van der Waals surface area (Å²) in [6.45, 7) is 5.22. The fraction of sp³-hybridized carbons (Fsp3) is 0.364. The van der Waals surface area contributed by atoms with Crippen LogP contribution in [0.5, 0.6) is 0 Å². The van der Waals surface area contributed by atoms with Crippen LogP contribution in [0.1, 0.15) is 27.9 Å². The van der Waals surface area contributed by atoms with Crippen LogP contribution in [-0.2, 0) is 17.8 Å². The molecule has 1 heterocycles. The van der Waals surface area contributed by atoms with Gasteiger partial charge in [0.2, 0.25) is 0 Å². The highest BCUT2D eigenvalue weighted by Gasteiger charge is 2.14. The number of carboxylic acid groups (broad SMARTS) is 1. The molecule has 1 aliphatic heterocycles. The standard InChI is InChI=1S/C22H27N3O3/c1-24-11-13-25(14-12-24)16-18-5-8-19(9-6-18)22(28)23-20-4-2-3-17(15-20)7-10-21(26)27/h2-6,8-9,15H,7,10-14,16H2,1H3,(H,23,28)(H,26,27). The van der Waals surface area contributed by atoms with Crippen molar-refractivity contribution in [2.45, 2.75) is 19.4 Å². The lowest BCUT2D eigenvalue weighted by atomic mass is 10.1. The highest BCUT2D eigenvalue weighted by molar-refractivity contribution is 6.04. The summed E-state index contributed by atoms with van der Waals surface area (Å²) in [5.41, 5.74) is 3.38. The maximum absolute atomic E-state index is 12.5. The van der Waals surface area contributed by atoms with Gasteiger partial charge in [-0.25, -0.2) is 0 Å². The molecule has 0 aliphatic carbocycles. The Labute approximate surface area is 165 Å². The summed E-state index contributed by atoms with van der Waals surface area (Å²) in [5, 5.41) is 11.7. The molecule has 1 fully saturated rings. The zero-order valence-electron chi connectivity index (χ0n) is 16.2. The van der Waals surface area contributed by atoms with Gasteiger partial charge in [0.05, 0.1) is 0 Å². The lowest BCUT2D eigenvalue weighted by molar-refractivity contribution is -0.136. The zero-order valence-corrected chi connectivity index (χ0v) is 16.2. The third-order valence-corrected chi connectivity index (χ3v) is 5.03. The van der Waals surface area contributed by atoms with Gasteiger partial charge in [-0.3, -0.25) is 14.5 Å². The van der Waals surface area contributed by atoms with Crippen molar-refractivity contribution in [3.63, 3.8) is 0 Å². The third-order valence-electron chi connectivity index (χ3n) is 5.03. The summed E-state index contributed by atoms with van der Waals surface area (Å²) < 4.78 is 0. The molecule has 2 aromatic carbocycles. The number of hydrogen-bond acceptors (Lipinski definition) is 4. The van der Waals surface area contributed by atoms with Gasteiger partial charge >= 0.3 is 5.97 Å². The molecule has 0 radical (unpaired) electrons. The van der Waals surface area contributed by atoms with Crippen LogP contribution in [-0.4, -0.2) is 60.0 Å². The average Bonchev–Trinajstić information content (AvgIpc) is 2.69. The van der Waals surface area contributed by atoms with Crippen molar-refractivity contribution >= 4 is 17.6 Å². The molecule has 1 amide bonds. The summed E-state index contributed by atoms with van der Waals surface area (Å²) in [6, 6.07) is 15.1. The summed E-state index contributed by atoms with van der Waals surface area (Å²) in [7, 11) is 2.15. The van der Waals surface area contributed by atoms with E-state index in [1.165, 1.54) is 5.56 Å². The van der Waals surface area contributed by atoms with E-state index in [2.05, 4.69) is 22.2 Å². The Bertz CT molecular complexity index is 812. The molecule has 0 bridgehead atoms. The molecule has 2 N–H and O–H groups in total. The second kappa shape index (κ2) is 9.48. The van der Waals surface area contributed by atoms with Crippen molar-refractivity contribution in [3.05, 3.63) is 65.2 Å². The van der Waals surface area contributed by atoms with Crippen molar-refractivity contribution < 1.29 is 14.7 Å². The van der Waals surface area contributed by atoms with Crippen molar-refractivity contribution in [2.75, 3.05) is 38.5 Å². The largest absolute Gasteiger partial charge is 0.481 e. The molecular formula is C22H27N3O3. The highest BCUT2D eigenvalue weighted by Crippen LogP contribution is 2.15. The number of carboxylic acids is 1. The van der Waals surface area contributed by atoms with Crippen LogP contribution in [0.3, 0.4) is 0 Å². The van der Waals surface area contributed by atoms with Crippen molar-refractivity contribution in [2.24, 2.45) is 0 Å². The number of nitrogens with zero attached hydrogens (tertiary/aromatic N) is 2. The van der Waals surface area contributed by atoms with Crippen LogP contribution >= 0.6 is 0 Å². The monoisotopic (exact) mass is 381 g/mol. The van der Waals surface area contributed by atoms with Crippen LogP contribution in [0.2, 0.25) is 0 Å². The first-order valence-corrected chi connectivity index (χ1v) is 9.61. The number of aliphatic carboxylic acids is 1. The SMILES string of the molecule is CN1CCN(Cc2ccc(C(=O)Nc3cccc(CCC(=O)O)c3)cc2)CC1. The molecule has 148 valence electrons. The molecule has 0 saturated carbocycles. The minimum absolute atomic E-state index is 0.0756. The van der Waals surface area contributed by atoms with E-state index >= 15 is 0 Å². The molecule has 6 nitrogen and oxygen atoms in total. The van der Waals surface area contributed by atoms with Crippen LogP contribution in [0.25, 0.3) is 0 Å². The first-order chi connectivity index (χ1) is 13.5. The predicted octanol–water partition coefficient (Wildman–Crippen LogP) is 2.70. The molecule has 0 atom stereocenters. The molecule has 0 aromatic heterocycles. The Morgan fingerprint density at radius 2 is 1.71 bits per heavy atom. The quantitative estimate of drug-likeness (QED) is 0.772. The van der Waals surface area contributed by atoms with Crippen molar-refractivity contribution in [1.29, 1.82) is 0 Å². The molecule has 0 unspecified atom stereocenters. The number of piperazine rings is 1. The van der Waals surface area contributed by atoms with Crippen LogP contribution < -0.4 is 5.32 Å². The van der Waals surface area contributed by atoms with Gasteiger partial charge < -0.3 is 15.3 Å². The molecule has 2 aromatic rings. The zero-order chi connectivity index (χ0) is 19.9. The highest BCUT2D eigenvalue weighted by atomic mass is 16.4. The smallest absolute Gasteiger partial charge is 0.303 e. The Morgan fingerprint density at radius 3 is 2.39 bits per heavy atom. The van der Waals surface area contributed by atoms with E-state index in [0.717, 1.165) is 38.3 Å². The molecule has 28 heavy (non-hydrogen) atoms. The van der Waals surface area contributed by atoms with E-state index in [1.54, 1.807) is 0 Å². The van der Waals surface area contributed by atoms with Crippen molar-refractivity contribution in [1.82, 2.24) is 9.80 Å². The summed E-state index contributed by atoms with van der Waals surface area (Å²) in [5.74, 6) is -0.993. The molecule has 0 spiro atoms. The van der Waals surface area contributed by atoms with E-state index in [9.17, 15) is 9.59 Å². The number of amides is 1. The average molecular weight is 381 g/mol. The van der Waals surface area contributed by atoms with Gasteiger partial charge in [-0.15, -0.1) is 0 Å². The van der Waals surface area contributed by atoms with E-state index in [0.29, 0.717) is 17.7 Å². The lowest BCUT2D eigenvalue weighted by Gasteiger charge is -2.32. The topological polar surface area (TPSA) is 72.9 Å². The molecule has 1 aliphatic rings. The second-order valence-electron chi connectivity index (χ2n) is 7.32. The van der Waals surface area contributed by atoms with E-state index < -0.39 is 5.97 Å². The molecule has 6 heteroatoms. The number of carbonyl (C=O) groups excluding carboxylic acids is 1. The van der Waals surface area contributed by atoms with Gasteiger partial charge in [-0.1, -0.05) is 24.3 Å². The van der Waals surface area contributed by atoms with Gasteiger partial charge in [0.15, 0.2) is 0 Å². The maximum Gasteiger partial charge on any atom is 0.303 e. The Morgan fingerprint density at radius 1 is 1.00 bits per heavy atom. The number of carbonyl (C=O) groups is 2. The van der Waals surface area contributed by atoms with Crippen LogP contribution in [0.15, 0.2) is 48.5 Å². The first kappa shape index (κ1) is 20.0. The summed E-state index contributed by atoms with van der Waals surface area (Å²) >= 11 is 0. The van der Waals surface area contributed by atoms with Gasteiger partial charge in [0.1, 0.15) is 0 Å². The van der Waals surface area contributed by atoms with Gasteiger partial charge in [-0.05, 0) is 48.9 Å². The van der Waals surface area contributed by atoms with E-state index in [-0.39, 0.29) is 12.3 Å². The number of anilines is 1. The summed E-state index contributed by atoms with van der Waals surface area (Å²) in [6.07, 6.45) is 0.520. The lowest BCUT2D eigenvalue weighted by Crippen LogP contribution is -2.43. The Kier molecular flexibility index (Phi) is 6.79. The number of hydrogen-bond donors (Lipinski definition) is 2.